The summed E-state index contributed by atoms with van der Waals surface area (Å²) in [5, 5.41) is 0. The molecule has 2 heterocycles. The molecule has 3 aromatic rings. The molecule has 0 saturated carbocycles. The summed E-state index contributed by atoms with van der Waals surface area (Å²) < 4.78 is 0. The molecule has 110 valence electrons. The van der Waals surface area contributed by atoms with Gasteiger partial charge in [-0.25, -0.2) is 0 Å². The number of pyridine rings is 1. The van der Waals surface area contributed by atoms with Crippen LogP contribution in [0.1, 0.15) is 11.1 Å². The van der Waals surface area contributed by atoms with Crippen LogP contribution in [-0.2, 0) is 4.79 Å². The largest absolute Gasteiger partial charge is 0.276 e. The molecule has 1 aliphatic rings. The van der Waals surface area contributed by atoms with Gasteiger partial charge in [-0.05, 0) is 29.8 Å². The van der Waals surface area contributed by atoms with Crippen molar-refractivity contribution >= 4 is 28.9 Å². The lowest BCUT2D eigenvalue weighted by atomic mass is 10.0. The Morgan fingerprint density at radius 3 is 2.30 bits per heavy atom. The molecule has 2 aromatic carbocycles. The van der Waals surface area contributed by atoms with Gasteiger partial charge in [-0.1, -0.05) is 48.5 Å². The maximum absolute atomic E-state index is 13.0. The Morgan fingerprint density at radius 2 is 1.52 bits per heavy atom. The van der Waals surface area contributed by atoms with Crippen molar-refractivity contribution in [3.8, 4) is 0 Å². The van der Waals surface area contributed by atoms with Gasteiger partial charge in [0.25, 0.3) is 5.91 Å². The normalized spacial score (nSPS) is 15.0. The van der Waals surface area contributed by atoms with Crippen molar-refractivity contribution in [2.24, 2.45) is 0 Å². The van der Waals surface area contributed by atoms with Crippen molar-refractivity contribution in [2.45, 2.75) is 0 Å². The standard InChI is InChI=1S/C20H14N2O/c23-20-18(14-15-6-2-1-3-7-15)17-8-4-5-9-19(17)22(20)16-10-12-21-13-11-16/h1-14H/b18-14-. The molecule has 1 aromatic heterocycles. The topological polar surface area (TPSA) is 33.2 Å². The number of anilines is 2. The molecule has 3 heteroatoms. The molecule has 4 rings (SSSR count). The van der Waals surface area contributed by atoms with Gasteiger partial charge in [0.1, 0.15) is 0 Å². The number of aromatic nitrogens is 1. The number of benzene rings is 2. The van der Waals surface area contributed by atoms with E-state index in [0.717, 1.165) is 22.5 Å². The molecule has 0 unspecified atom stereocenters. The molecule has 0 N–H and O–H groups in total. The number of rotatable bonds is 2. The molecular formula is C20H14N2O. The van der Waals surface area contributed by atoms with Crippen molar-refractivity contribution < 1.29 is 4.79 Å². The minimum Gasteiger partial charge on any atom is -0.276 e. The summed E-state index contributed by atoms with van der Waals surface area (Å²) in [6, 6.07) is 21.5. The fourth-order valence-corrected chi connectivity index (χ4v) is 2.85. The fourth-order valence-electron chi connectivity index (χ4n) is 2.85. The van der Waals surface area contributed by atoms with Gasteiger partial charge in [-0.3, -0.25) is 14.7 Å². The molecule has 0 spiro atoms. The van der Waals surface area contributed by atoms with Crippen LogP contribution in [0.2, 0.25) is 0 Å². The SMILES string of the molecule is O=C1/C(=C\c2ccccc2)c2ccccc2N1c1ccncc1. The third-order valence-electron chi connectivity index (χ3n) is 3.90. The van der Waals surface area contributed by atoms with E-state index >= 15 is 0 Å². The van der Waals surface area contributed by atoms with Gasteiger partial charge in [-0.2, -0.15) is 0 Å². The van der Waals surface area contributed by atoms with Crippen LogP contribution in [0.5, 0.6) is 0 Å². The monoisotopic (exact) mass is 298 g/mol. The molecule has 1 aliphatic heterocycles. The number of hydrogen-bond acceptors (Lipinski definition) is 2. The number of carbonyl (C=O) groups is 1. The molecule has 3 nitrogen and oxygen atoms in total. The van der Waals surface area contributed by atoms with Crippen molar-refractivity contribution in [3.05, 3.63) is 90.3 Å². The fraction of sp³-hybridized carbons (Fsp3) is 0. The Bertz CT molecular complexity index is 886. The van der Waals surface area contributed by atoms with Gasteiger partial charge in [0, 0.05) is 18.0 Å². The molecule has 0 atom stereocenters. The highest BCUT2D eigenvalue weighted by molar-refractivity contribution is 6.37. The minimum atomic E-state index is -0.0127. The van der Waals surface area contributed by atoms with Gasteiger partial charge in [0.15, 0.2) is 0 Å². The number of fused-ring (bicyclic) bond motifs is 1. The maximum Gasteiger partial charge on any atom is 0.263 e. The third-order valence-corrected chi connectivity index (χ3v) is 3.90. The van der Waals surface area contributed by atoms with Crippen molar-refractivity contribution in [3.63, 3.8) is 0 Å². The van der Waals surface area contributed by atoms with Crippen molar-refractivity contribution in [1.82, 2.24) is 4.98 Å². The number of nitrogens with zero attached hydrogens (tertiary/aromatic N) is 2. The highest BCUT2D eigenvalue weighted by Gasteiger charge is 2.32. The average Bonchev–Trinajstić information content (AvgIpc) is 2.89. The summed E-state index contributed by atoms with van der Waals surface area (Å²) in [5.41, 5.74) is 4.42. The number of para-hydroxylation sites is 1. The molecule has 23 heavy (non-hydrogen) atoms. The first kappa shape index (κ1) is 13.5. The Hall–Kier alpha value is -3.20. The minimum absolute atomic E-state index is 0.0127. The quantitative estimate of drug-likeness (QED) is 0.661. The summed E-state index contributed by atoms with van der Waals surface area (Å²) in [4.78, 5) is 18.8. The molecule has 0 fully saturated rings. The summed E-state index contributed by atoms with van der Waals surface area (Å²) in [5.74, 6) is -0.0127. The Morgan fingerprint density at radius 1 is 0.826 bits per heavy atom. The summed E-state index contributed by atoms with van der Waals surface area (Å²) in [7, 11) is 0. The highest BCUT2D eigenvalue weighted by Crippen LogP contribution is 2.41. The van der Waals surface area contributed by atoms with Crippen LogP contribution in [0.15, 0.2) is 79.1 Å². The second-order valence-corrected chi connectivity index (χ2v) is 5.33. The molecule has 0 saturated heterocycles. The second kappa shape index (κ2) is 5.54. The summed E-state index contributed by atoms with van der Waals surface area (Å²) in [6.07, 6.45) is 5.34. The second-order valence-electron chi connectivity index (χ2n) is 5.33. The van der Waals surface area contributed by atoms with Gasteiger partial charge in [-0.15, -0.1) is 0 Å². The maximum atomic E-state index is 13.0. The zero-order valence-electron chi connectivity index (χ0n) is 12.4. The van der Waals surface area contributed by atoms with Crippen molar-refractivity contribution in [2.75, 3.05) is 4.90 Å². The molecular weight excluding hydrogens is 284 g/mol. The third kappa shape index (κ3) is 2.32. The van der Waals surface area contributed by atoms with Crippen LogP contribution < -0.4 is 4.90 Å². The van der Waals surface area contributed by atoms with Crippen LogP contribution in [-0.4, -0.2) is 10.9 Å². The highest BCUT2D eigenvalue weighted by atomic mass is 16.2. The smallest absolute Gasteiger partial charge is 0.263 e. The summed E-state index contributed by atoms with van der Waals surface area (Å²) >= 11 is 0. The van der Waals surface area contributed by atoms with Gasteiger partial charge in [0.05, 0.1) is 16.9 Å². The van der Waals surface area contributed by atoms with Crippen molar-refractivity contribution in [1.29, 1.82) is 0 Å². The van der Waals surface area contributed by atoms with E-state index in [0.29, 0.717) is 5.57 Å². The zero-order valence-corrected chi connectivity index (χ0v) is 12.4. The molecule has 0 bridgehead atoms. The van der Waals surface area contributed by atoms with E-state index in [2.05, 4.69) is 4.98 Å². The first-order chi connectivity index (χ1) is 11.3. The molecule has 0 radical (unpaired) electrons. The van der Waals surface area contributed by atoms with Gasteiger partial charge < -0.3 is 0 Å². The van der Waals surface area contributed by atoms with Gasteiger partial charge in [0.2, 0.25) is 0 Å². The van der Waals surface area contributed by atoms with Crippen LogP contribution in [0.25, 0.3) is 11.6 Å². The predicted octanol–water partition coefficient (Wildman–Crippen LogP) is 4.30. The van der Waals surface area contributed by atoms with E-state index < -0.39 is 0 Å². The van der Waals surface area contributed by atoms with Crippen LogP contribution >= 0.6 is 0 Å². The summed E-state index contributed by atoms with van der Waals surface area (Å²) in [6.45, 7) is 0. The Labute approximate surface area is 134 Å². The zero-order chi connectivity index (χ0) is 15.6. The number of amides is 1. The Kier molecular flexibility index (Phi) is 3.24. The Balaban J connectivity index is 1.87. The van der Waals surface area contributed by atoms with E-state index in [1.165, 1.54) is 0 Å². The predicted molar refractivity (Wildman–Crippen MR) is 92.1 cm³/mol. The molecule has 1 amide bonds. The van der Waals surface area contributed by atoms with Gasteiger partial charge >= 0.3 is 0 Å². The molecule has 0 aliphatic carbocycles. The van der Waals surface area contributed by atoms with E-state index in [9.17, 15) is 4.79 Å². The average molecular weight is 298 g/mol. The van der Waals surface area contributed by atoms with E-state index in [4.69, 9.17) is 0 Å². The van der Waals surface area contributed by atoms with E-state index in [1.54, 1.807) is 17.3 Å². The number of hydrogen-bond donors (Lipinski definition) is 0. The van der Waals surface area contributed by atoms with E-state index in [1.807, 2.05) is 72.8 Å². The lowest BCUT2D eigenvalue weighted by Crippen LogP contribution is -2.20. The van der Waals surface area contributed by atoms with Crippen LogP contribution in [0, 0.1) is 0 Å². The van der Waals surface area contributed by atoms with Crippen LogP contribution in [0.4, 0.5) is 11.4 Å². The van der Waals surface area contributed by atoms with E-state index in [-0.39, 0.29) is 5.91 Å². The number of carbonyl (C=O) groups excluding carboxylic acids is 1. The first-order valence-electron chi connectivity index (χ1n) is 7.45. The lowest BCUT2D eigenvalue weighted by Gasteiger charge is -2.16. The first-order valence-corrected chi connectivity index (χ1v) is 7.45. The van der Waals surface area contributed by atoms with Crippen LogP contribution in [0.3, 0.4) is 0 Å². The lowest BCUT2D eigenvalue weighted by molar-refractivity contribution is -0.112.